The second kappa shape index (κ2) is 4.25. The number of nitrogens with one attached hydrogen (secondary N) is 2. The summed E-state index contributed by atoms with van der Waals surface area (Å²) >= 11 is 0. The number of amides is 1. The SMILES string of the molecule is Cc1ccc(NC(=O)c2cc(N)n[nH]2)cc1F. The summed E-state index contributed by atoms with van der Waals surface area (Å²) < 4.78 is 13.2. The Balaban J connectivity index is 2.15. The zero-order chi connectivity index (χ0) is 12.4. The number of nitrogen functional groups attached to an aromatic ring is 1. The molecule has 2 rings (SSSR count). The summed E-state index contributed by atoms with van der Waals surface area (Å²) in [7, 11) is 0. The van der Waals surface area contributed by atoms with Crippen LogP contribution in [0.1, 0.15) is 16.1 Å². The number of hydrogen-bond acceptors (Lipinski definition) is 3. The molecule has 88 valence electrons. The molecule has 0 saturated carbocycles. The highest BCUT2D eigenvalue weighted by molar-refractivity contribution is 6.03. The molecule has 1 aromatic carbocycles. The fourth-order valence-corrected chi connectivity index (χ4v) is 1.32. The minimum atomic E-state index is -0.419. The number of nitrogens with two attached hydrogens (primary N) is 1. The number of carbonyl (C=O) groups excluding carboxylic acids is 1. The molecule has 0 aliphatic heterocycles. The molecule has 2 aromatic rings. The summed E-state index contributed by atoms with van der Waals surface area (Å²) in [5, 5.41) is 8.63. The van der Waals surface area contributed by atoms with Crippen LogP contribution >= 0.6 is 0 Å². The number of aromatic nitrogens is 2. The number of benzene rings is 1. The number of H-pyrrole nitrogens is 1. The monoisotopic (exact) mass is 234 g/mol. The van der Waals surface area contributed by atoms with Crippen molar-refractivity contribution in [2.75, 3.05) is 11.1 Å². The van der Waals surface area contributed by atoms with Crippen LogP contribution in [0.5, 0.6) is 0 Å². The molecule has 0 saturated heterocycles. The predicted octanol–water partition coefficient (Wildman–Crippen LogP) is 1.69. The predicted molar refractivity (Wildman–Crippen MR) is 62.1 cm³/mol. The lowest BCUT2D eigenvalue weighted by Gasteiger charge is -2.04. The Morgan fingerprint density at radius 2 is 2.24 bits per heavy atom. The Hall–Kier alpha value is -2.37. The number of halogens is 1. The summed E-state index contributed by atoms with van der Waals surface area (Å²) in [5.74, 6) is -0.561. The number of hydrogen-bond donors (Lipinski definition) is 3. The number of aromatic amines is 1. The first kappa shape index (κ1) is 11.1. The van der Waals surface area contributed by atoms with Crippen molar-refractivity contribution < 1.29 is 9.18 Å². The molecule has 0 radical (unpaired) electrons. The van der Waals surface area contributed by atoms with E-state index in [4.69, 9.17) is 5.73 Å². The van der Waals surface area contributed by atoms with E-state index in [0.29, 0.717) is 11.3 Å². The third-order valence-corrected chi connectivity index (χ3v) is 2.27. The molecular weight excluding hydrogens is 223 g/mol. The minimum absolute atomic E-state index is 0.225. The van der Waals surface area contributed by atoms with Crippen molar-refractivity contribution in [2.24, 2.45) is 0 Å². The van der Waals surface area contributed by atoms with Crippen molar-refractivity contribution in [1.29, 1.82) is 0 Å². The summed E-state index contributed by atoms with van der Waals surface area (Å²) in [6.07, 6.45) is 0. The molecule has 0 fully saturated rings. The fourth-order valence-electron chi connectivity index (χ4n) is 1.32. The first-order chi connectivity index (χ1) is 8.06. The summed E-state index contributed by atoms with van der Waals surface area (Å²) in [6.45, 7) is 1.65. The van der Waals surface area contributed by atoms with E-state index in [1.165, 1.54) is 12.1 Å². The maximum absolute atomic E-state index is 13.2. The normalized spacial score (nSPS) is 10.2. The number of anilines is 2. The van der Waals surface area contributed by atoms with Crippen LogP contribution in [0.25, 0.3) is 0 Å². The molecule has 0 atom stereocenters. The Morgan fingerprint density at radius 1 is 1.47 bits per heavy atom. The molecule has 1 amide bonds. The molecule has 1 heterocycles. The maximum Gasteiger partial charge on any atom is 0.273 e. The van der Waals surface area contributed by atoms with Crippen LogP contribution in [0.15, 0.2) is 24.3 Å². The Kier molecular flexibility index (Phi) is 2.78. The van der Waals surface area contributed by atoms with E-state index in [1.54, 1.807) is 19.1 Å². The van der Waals surface area contributed by atoms with Gasteiger partial charge in [0.05, 0.1) is 0 Å². The van der Waals surface area contributed by atoms with Gasteiger partial charge in [0.15, 0.2) is 0 Å². The third kappa shape index (κ3) is 2.41. The first-order valence-corrected chi connectivity index (χ1v) is 4.94. The van der Waals surface area contributed by atoms with Gasteiger partial charge in [0.1, 0.15) is 17.3 Å². The second-order valence-corrected chi connectivity index (χ2v) is 3.62. The molecule has 0 spiro atoms. The van der Waals surface area contributed by atoms with Crippen LogP contribution in [-0.4, -0.2) is 16.1 Å². The number of aryl methyl sites for hydroxylation is 1. The quantitative estimate of drug-likeness (QED) is 0.739. The molecule has 4 N–H and O–H groups in total. The van der Waals surface area contributed by atoms with Gasteiger partial charge >= 0.3 is 0 Å². The van der Waals surface area contributed by atoms with Gasteiger partial charge in [-0.25, -0.2) is 4.39 Å². The van der Waals surface area contributed by atoms with Crippen molar-refractivity contribution in [3.8, 4) is 0 Å². The van der Waals surface area contributed by atoms with E-state index < -0.39 is 5.91 Å². The topological polar surface area (TPSA) is 83.8 Å². The van der Waals surface area contributed by atoms with E-state index in [1.807, 2.05) is 0 Å². The van der Waals surface area contributed by atoms with Crippen molar-refractivity contribution in [1.82, 2.24) is 10.2 Å². The number of carbonyl (C=O) groups is 1. The lowest BCUT2D eigenvalue weighted by atomic mass is 10.2. The molecular formula is C11H11FN4O. The zero-order valence-electron chi connectivity index (χ0n) is 9.12. The largest absolute Gasteiger partial charge is 0.382 e. The first-order valence-electron chi connectivity index (χ1n) is 4.94. The van der Waals surface area contributed by atoms with E-state index >= 15 is 0 Å². The van der Waals surface area contributed by atoms with Gasteiger partial charge in [0, 0.05) is 11.8 Å². The lowest BCUT2D eigenvalue weighted by Crippen LogP contribution is -2.12. The highest BCUT2D eigenvalue weighted by Crippen LogP contribution is 2.14. The molecule has 6 heteroatoms. The highest BCUT2D eigenvalue weighted by atomic mass is 19.1. The van der Waals surface area contributed by atoms with Crippen molar-refractivity contribution in [3.05, 3.63) is 41.3 Å². The van der Waals surface area contributed by atoms with Crippen molar-refractivity contribution in [2.45, 2.75) is 6.92 Å². The van der Waals surface area contributed by atoms with E-state index in [-0.39, 0.29) is 17.3 Å². The standard InChI is InChI=1S/C11H11FN4O/c1-6-2-3-7(4-8(6)12)14-11(17)9-5-10(13)16-15-9/h2-5H,1H3,(H,14,17)(H3,13,15,16). The van der Waals surface area contributed by atoms with Gasteiger partial charge in [0.2, 0.25) is 0 Å². The van der Waals surface area contributed by atoms with E-state index in [0.717, 1.165) is 0 Å². The van der Waals surface area contributed by atoms with Crippen LogP contribution in [-0.2, 0) is 0 Å². The number of rotatable bonds is 2. The molecule has 0 bridgehead atoms. The molecule has 0 aliphatic rings. The van der Waals surface area contributed by atoms with Gasteiger partial charge in [-0.15, -0.1) is 0 Å². The lowest BCUT2D eigenvalue weighted by molar-refractivity contribution is 0.102. The van der Waals surface area contributed by atoms with Crippen LogP contribution in [0.2, 0.25) is 0 Å². The molecule has 5 nitrogen and oxygen atoms in total. The van der Waals surface area contributed by atoms with Crippen LogP contribution < -0.4 is 11.1 Å². The van der Waals surface area contributed by atoms with Gasteiger partial charge in [-0.1, -0.05) is 6.07 Å². The van der Waals surface area contributed by atoms with Gasteiger partial charge in [-0.3, -0.25) is 9.89 Å². The average molecular weight is 234 g/mol. The Labute approximate surface area is 96.8 Å². The summed E-state index contributed by atoms with van der Waals surface area (Å²) in [4.78, 5) is 11.7. The van der Waals surface area contributed by atoms with Crippen LogP contribution in [0.3, 0.4) is 0 Å². The smallest absolute Gasteiger partial charge is 0.273 e. The van der Waals surface area contributed by atoms with Crippen molar-refractivity contribution >= 4 is 17.4 Å². The number of nitrogens with zero attached hydrogens (tertiary/aromatic N) is 1. The van der Waals surface area contributed by atoms with Gasteiger partial charge in [0.25, 0.3) is 5.91 Å². The minimum Gasteiger partial charge on any atom is -0.382 e. The Morgan fingerprint density at radius 3 is 2.82 bits per heavy atom. The van der Waals surface area contributed by atoms with Gasteiger partial charge in [-0.05, 0) is 24.6 Å². The molecule has 1 aromatic heterocycles. The van der Waals surface area contributed by atoms with E-state index in [9.17, 15) is 9.18 Å². The second-order valence-electron chi connectivity index (χ2n) is 3.62. The fraction of sp³-hybridized carbons (Fsp3) is 0.0909. The van der Waals surface area contributed by atoms with E-state index in [2.05, 4.69) is 15.5 Å². The summed E-state index contributed by atoms with van der Waals surface area (Å²) in [6, 6.07) is 5.87. The highest BCUT2D eigenvalue weighted by Gasteiger charge is 2.09. The maximum atomic E-state index is 13.2. The molecule has 17 heavy (non-hydrogen) atoms. The Bertz CT molecular complexity index is 564. The van der Waals surface area contributed by atoms with Crippen LogP contribution in [0.4, 0.5) is 15.9 Å². The van der Waals surface area contributed by atoms with Crippen LogP contribution in [0, 0.1) is 12.7 Å². The summed E-state index contributed by atoms with van der Waals surface area (Å²) in [5.41, 5.74) is 6.50. The van der Waals surface area contributed by atoms with Gasteiger partial charge in [-0.2, -0.15) is 5.10 Å². The zero-order valence-corrected chi connectivity index (χ0v) is 9.12. The molecule has 0 aliphatic carbocycles. The third-order valence-electron chi connectivity index (χ3n) is 2.27. The molecule has 0 unspecified atom stereocenters. The average Bonchev–Trinajstić information content (AvgIpc) is 2.70. The van der Waals surface area contributed by atoms with Gasteiger partial charge < -0.3 is 11.1 Å². The van der Waals surface area contributed by atoms with Crippen molar-refractivity contribution in [3.63, 3.8) is 0 Å².